The summed E-state index contributed by atoms with van der Waals surface area (Å²) in [7, 11) is -1.18. The van der Waals surface area contributed by atoms with Gasteiger partial charge in [0.2, 0.25) is 5.78 Å². The topological polar surface area (TPSA) is 57.3 Å². The number of furan rings is 1. The monoisotopic (exact) mass is 410 g/mol. The van der Waals surface area contributed by atoms with E-state index in [4.69, 9.17) is 9.15 Å². The third-order valence-corrected chi connectivity index (χ3v) is 6.57. The molecule has 0 aliphatic heterocycles. The van der Waals surface area contributed by atoms with E-state index in [-0.39, 0.29) is 23.9 Å². The molecule has 4 rings (SSSR count). The minimum absolute atomic E-state index is 0.0848. The first-order chi connectivity index (χ1) is 13.8. The van der Waals surface area contributed by atoms with Crippen molar-refractivity contribution in [3.8, 4) is 0 Å². The third-order valence-electron chi connectivity index (χ3n) is 4.87. The molecule has 0 saturated carbocycles. The molecule has 0 radical (unpaired) electrons. The molecule has 2 heterocycles. The van der Waals surface area contributed by atoms with Gasteiger partial charge in [-0.25, -0.2) is 9.37 Å². The van der Waals surface area contributed by atoms with E-state index >= 15 is 0 Å². The molecule has 0 aliphatic rings. The number of carbonyl (C=O) groups excluding carboxylic acids is 1. The molecule has 2 aromatic carbocycles. The summed E-state index contributed by atoms with van der Waals surface area (Å²) in [5.74, 6) is -0.526. The van der Waals surface area contributed by atoms with Crippen LogP contribution < -0.4 is 0 Å². The number of halogens is 1. The Kier molecular flexibility index (Phi) is 5.10. The summed E-state index contributed by atoms with van der Waals surface area (Å²) in [6, 6.07) is 11.0. The van der Waals surface area contributed by atoms with Crippen LogP contribution in [0, 0.1) is 5.82 Å². The average molecular weight is 411 g/mol. The van der Waals surface area contributed by atoms with Crippen LogP contribution in [-0.2, 0) is 11.5 Å². The number of imidazole rings is 1. The smallest absolute Gasteiger partial charge is 0.229 e. The van der Waals surface area contributed by atoms with Crippen molar-refractivity contribution in [2.24, 2.45) is 0 Å². The Morgan fingerprint density at radius 2 is 2.00 bits per heavy atom. The van der Waals surface area contributed by atoms with Crippen LogP contribution in [0.25, 0.3) is 21.9 Å². The van der Waals surface area contributed by atoms with Crippen LogP contribution in [0.3, 0.4) is 0 Å². The lowest BCUT2D eigenvalue weighted by Gasteiger charge is -2.16. The number of fused-ring (bicyclic) bond motifs is 3. The van der Waals surface area contributed by atoms with Crippen LogP contribution in [0.15, 0.2) is 53.2 Å². The van der Waals surface area contributed by atoms with Crippen LogP contribution in [-0.4, -0.2) is 30.0 Å². The second kappa shape index (κ2) is 7.57. The van der Waals surface area contributed by atoms with Crippen LogP contribution in [0.4, 0.5) is 4.39 Å². The molecular formula is C22H23FN2O3Si. The number of ketones is 1. The number of nitrogens with zero attached hydrogens (tertiary/aromatic N) is 2. The van der Waals surface area contributed by atoms with E-state index < -0.39 is 13.9 Å². The van der Waals surface area contributed by atoms with Crippen molar-refractivity contribution in [3.05, 3.63) is 66.0 Å². The van der Waals surface area contributed by atoms with Crippen molar-refractivity contribution in [1.82, 2.24) is 9.55 Å². The molecule has 7 heteroatoms. The molecular weight excluding hydrogens is 387 g/mol. The molecule has 0 saturated heterocycles. The Morgan fingerprint density at radius 3 is 2.79 bits per heavy atom. The lowest BCUT2D eigenvalue weighted by atomic mass is 10.0. The van der Waals surface area contributed by atoms with Gasteiger partial charge >= 0.3 is 0 Å². The molecule has 5 nitrogen and oxygen atoms in total. The predicted molar refractivity (Wildman–Crippen MR) is 113 cm³/mol. The third kappa shape index (κ3) is 3.88. The number of benzene rings is 2. The summed E-state index contributed by atoms with van der Waals surface area (Å²) in [6.07, 6.45) is 3.29. The number of rotatable bonds is 7. The Bertz CT molecular complexity index is 1190. The van der Waals surface area contributed by atoms with Crippen molar-refractivity contribution < 1.29 is 18.3 Å². The van der Waals surface area contributed by atoms with Crippen molar-refractivity contribution in [1.29, 1.82) is 0 Å². The van der Waals surface area contributed by atoms with Crippen molar-refractivity contribution in [2.75, 3.05) is 6.61 Å². The normalized spacial score (nSPS) is 12.1. The van der Waals surface area contributed by atoms with Gasteiger partial charge in [-0.1, -0.05) is 37.8 Å². The van der Waals surface area contributed by atoms with E-state index in [1.807, 2.05) is 18.2 Å². The maximum absolute atomic E-state index is 14.3. The molecule has 0 fully saturated rings. The number of aromatic nitrogens is 2. The average Bonchev–Trinajstić information content (AvgIpc) is 3.29. The van der Waals surface area contributed by atoms with E-state index in [0.717, 1.165) is 6.04 Å². The van der Waals surface area contributed by atoms with Gasteiger partial charge in [0.05, 0.1) is 0 Å². The summed E-state index contributed by atoms with van der Waals surface area (Å²) in [5.41, 5.74) is 0.988. The fourth-order valence-corrected chi connectivity index (χ4v) is 4.03. The van der Waals surface area contributed by atoms with E-state index in [9.17, 15) is 9.18 Å². The van der Waals surface area contributed by atoms with Gasteiger partial charge in [0.25, 0.3) is 0 Å². The number of carbonyl (C=O) groups is 1. The van der Waals surface area contributed by atoms with Crippen molar-refractivity contribution >= 4 is 35.8 Å². The van der Waals surface area contributed by atoms with Gasteiger partial charge in [0, 0.05) is 43.4 Å². The first-order valence-corrected chi connectivity index (χ1v) is 13.3. The molecule has 0 N–H and O–H groups in total. The van der Waals surface area contributed by atoms with Crippen LogP contribution in [0.1, 0.15) is 16.2 Å². The highest BCUT2D eigenvalue weighted by molar-refractivity contribution is 6.76. The maximum atomic E-state index is 14.3. The predicted octanol–water partition coefficient (Wildman–Crippen LogP) is 5.46. The van der Waals surface area contributed by atoms with E-state index in [0.29, 0.717) is 28.5 Å². The summed E-state index contributed by atoms with van der Waals surface area (Å²) in [6.45, 7) is 7.77. The van der Waals surface area contributed by atoms with Gasteiger partial charge in [0.15, 0.2) is 17.2 Å². The fourth-order valence-electron chi connectivity index (χ4n) is 3.27. The molecule has 29 heavy (non-hydrogen) atoms. The van der Waals surface area contributed by atoms with E-state index in [1.54, 1.807) is 23.0 Å². The van der Waals surface area contributed by atoms with Gasteiger partial charge in [0.1, 0.15) is 12.3 Å². The highest BCUT2D eigenvalue weighted by atomic mass is 28.3. The highest BCUT2D eigenvalue weighted by Crippen LogP contribution is 2.33. The zero-order chi connectivity index (χ0) is 20.6. The standard InChI is InChI=1S/C22H23FN2O3Si/c1-29(2,3)13-12-27-14-25-11-10-24-22(25)20(26)16-8-9-17(23)21-19(16)15-6-4-5-7-18(15)28-21/h4-11H,12-14H2,1-3H3. The maximum Gasteiger partial charge on any atom is 0.229 e. The zero-order valence-electron chi connectivity index (χ0n) is 16.7. The van der Waals surface area contributed by atoms with Gasteiger partial charge in [-0.15, -0.1) is 0 Å². The second-order valence-corrected chi connectivity index (χ2v) is 13.9. The molecule has 150 valence electrons. The second-order valence-electron chi connectivity index (χ2n) is 8.30. The van der Waals surface area contributed by atoms with Gasteiger partial charge < -0.3 is 13.7 Å². The number of hydrogen-bond acceptors (Lipinski definition) is 4. The molecule has 4 aromatic rings. The summed E-state index contributed by atoms with van der Waals surface area (Å²) in [4.78, 5) is 17.5. The van der Waals surface area contributed by atoms with Crippen LogP contribution in [0.2, 0.25) is 25.7 Å². The van der Waals surface area contributed by atoms with Crippen LogP contribution >= 0.6 is 0 Å². The Balaban J connectivity index is 1.67. The quantitative estimate of drug-likeness (QED) is 0.230. The zero-order valence-corrected chi connectivity index (χ0v) is 17.7. The Hall–Kier alpha value is -2.77. The van der Waals surface area contributed by atoms with E-state index in [1.165, 1.54) is 12.1 Å². The Labute approximate surface area is 169 Å². The molecule has 0 spiro atoms. The van der Waals surface area contributed by atoms with Crippen LogP contribution in [0.5, 0.6) is 0 Å². The number of ether oxygens (including phenoxy) is 1. The minimum Gasteiger partial charge on any atom is -0.453 e. The lowest BCUT2D eigenvalue weighted by Crippen LogP contribution is -2.22. The number of hydrogen-bond donors (Lipinski definition) is 0. The van der Waals surface area contributed by atoms with Crippen molar-refractivity contribution in [2.45, 2.75) is 32.4 Å². The van der Waals surface area contributed by atoms with Gasteiger partial charge in [-0.2, -0.15) is 0 Å². The SMILES string of the molecule is C[Si](C)(C)CCOCn1ccnc1C(=O)c1ccc(F)c2oc3ccccc3c12. The Morgan fingerprint density at radius 1 is 1.21 bits per heavy atom. The fraction of sp³-hybridized carbons (Fsp3) is 0.273. The molecule has 0 aliphatic carbocycles. The minimum atomic E-state index is -1.18. The molecule has 0 unspecified atom stereocenters. The first-order valence-electron chi connectivity index (χ1n) is 9.58. The van der Waals surface area contributed by atoms with Gasteiger partial charge in [-0.3, -0.25) is 4.79 Å². The largest absolute Gasteiger partial charge is 0.453 e. The summed E-state index contributed by atoms with van der Waals surface area (Å²) in [5, 5.41) is 1.18. The lowest BCUT2D eigenvalue weighted by molar-refractivity contribution is 0.0812. The number of para-hydroxylation sites is 1. The summed E-state index contributed by atoms with van der Waals surface area (Å²) < 4.78 is 27.5. The molecule has 0 atom stereocenters. The molecule has 2 aromatic heterocycles. The molecule has 0 amide bonds. The van der Waals surface area contributed by atoms with Gasteiger partial charge in [-0.05, 0) is 24.2 Å². The van der Waals surface area contributed by atoms with Crippen molar-refractivity contribution in [3.63, 3.8) is 0 Å². The molecule has 0 bridgehead atoms. The summed E-state index contributed by atoms with van der Waals surface area (Å²) >= 11 is 0. The van der Waals surface area contributed by atoms with E-state index in [2.05, 4.69) is 24.6 Å². The first kappa shape index (κ1) is 19.5. The highest BCUT2D eigenvalue weighted by Gasteiger charge is 2.23.